The maximum atomic E-state index is 16.4. The van der Waals surface area contributed by atoms with Crippen LogP contribution >= 0.6 is 7.26 Å². The van der Waals surface area contributed by atoms with Crippen LogP contribution in [0.25, 0.3) is 0 Å². The normalized spacial score (nSPS) is 17.5. The summed E-state index contributed by atoms with van der Waals surface area (Å²) in [7, 11) is -6.74. The second-order valence-corrected chi connectivity index (χ2v) is 15.9. The van der Waals surface area contributed by atoms with Gasteiger partial charge in [-0.15, -0.1) is 0 Å². The lowest BCUT2D eigenvalue weighted by Gasteiger charge is -2.43. The third-order valence-electron chi connectivity index (χ3n) is 9.74. The first-order valence-electron chi connectivity index (χ1n) is 15.4. The van der Waals surface area contributed by atoms with Gasteiger partial charge in [0.15, 0.2) is 51.4 Å². The third kappa shape index (κ3) is 5.34. The van der Waals surface area contributed by atoms with Gasteiger partial charge >= 0.3 is 0 Å². The molecule has 1 aliphatic rings. The molecule has 0 amide bonds. The van der Waals surface area contributed by atoms with Crippen LogP contribution in [0.2, 0.25) is 0 Å². The molecule has 0 unspecified atom stereocenters. The molecule has 1 fully saturated rings. The Balaban J connectivity index is 2.08. The highest BCUT2D eigenvalue weighted by Gasteiger charge is 2.74. The fraction of sp³-hybridized carbons (Fsp3) is 0.118. The van der Waals surface area contributed by atoms with E-state index in [-0.39, 0.29) is 0 Å². The van der Waals surface area contributed by atoms with E-state index in [2.05, 4.69) is 0 Å². The summed E-state index contributed by atoms with van der Waals surface area (Å²) in [6.45, 7) is 0.489. The summed E-state index contributed by atoms with van der Waals surface area (Å²) in [5, 5.41) is -5.36. The zero-order valence-electron chi connectivity index (χ0n) is 27.2. The van der Waals surface area contributed by atoms with Gasteiger partial charge in [-0.25, -0.2) is 70.2 Å². The third-order valence-corrected chi connectivity index (χ3v) is 15.0. The van der Waals surface area contributed by atoms with Gasteiger partial charge in [0.2, 0.25) is 64.5 Å². The van der Waals surface area contributed by atoms with E-state index in [1.165, 1.54) is 0 Å². The van der Waals surface area contributed by atoms with Gasteiger partial charge in [-0.2, -0.15) is 17.6 Å². The minimum absolute atomic E-state index is 0.489. The Labute approximate surface area is 304 Å². The number of halogens is 20. The maximum absolute atomic E-state index is 16.4. The van der Waals surface area contributed by atoms with E-state index in [0.29, 0.717) is 19.1 Å². The fourth-order valence-corrected chi connectivity index (χ4v) is 13.7. The topological polar surface area (TPSA) is 9.23 Å². The maximum Gasteiger partial charge on any atom is 0.225 e. The second kappa shape index (κ2) is 14.2. The summed E-state index contributed by atoms with van der Waals surface area (Å²) in [5.41, 5.74) is -10.2. The smallest absolute Gasteiger partial charge is 0.225 e. The molecule has 0 saturated carbocycles. The van der Waals surface area contributed by atoms with Crippen LogP contribution in [-0.2, 0) is 4.65 Å². The van der Waals surface area contributed by atoms with Crippen LogP contribution in [0.15, 0.2) is 30.3 Å². The molecule has 1 nitrogen and oxygen atoms in total. The summed E-state index contributed by atoms with van der Waals surface area (Å²) in [6.07, 6.45) is -7.69. The molecule has 2 atom stereocenters. The molecule has 0 radical (unpaired) electrons. The highest BCUT2D eigenvalue weighted by Crippen LogP contribution is 2.79. The lowest BCUT2D eigenvalue weighted by atomic mass is 9.28. The van der Waals surface area contributed by atoms with Crippen molar-refractivity contribution in [1.29, 1.82) is 0 Å². The van der Waals surface area contributed by atoms with E-state index in [1.54, 1.807) is 0 Å². The van der Waals surface area contributed by atoms with Crippen molar-refractivity contribution in [3.63, 3.8) is 0 Å². The first-order chi connectivity index (χ1) is 26.6. The van der Waals surface area contributed by atoms with E-state index in [4.69, 9.17) is 4.65 Å². The molecule has 1 heterocycles. The molecule has 6 rings (SSSR count). The Morgan fingerprint density at radius 1 is 0.404 bits per heavy atom. The summed E-state index contributed by atoms with van der Waals surface area (Å²) in [5.74, 6) is -66.6. The summed E-state index contributed by atoms with van der Waals surface area (Å²) >= 11 is 0. The van der Waals surface area contributed by atoms with Crippen molar-refractivity contribution < 1.29 is 92.5 Å². The van der Waals surface area contributed by atoms with E-state index in [0.717, 1.165) is 18.2 Å². The number of hydrogen-bond acceptors (Lipinski definition) is 1. The van der Waals surface area contributed by atoms with Crippen LogP contribution < -0.4 is 21.5 Å². The van der Waals surface area contributed by atoms with Crippen molar-refractivity contribution in [3.8, 4) is 0 Å². The minimum atomic E-state index is -6.74. The first-order valence-corrected chi connectivity index (χ1v) is 17.4. The predicted octanol–water partition coefficient (Wildman–Crippen LogP) is 9.24. The minimum Gasteiger partial charge on any atom is -0.544 e. The van der Waals surface area contributed by atoms with Crippen molar-refractivity contribution in [2.45, 2.75) is 24.7 Å². The van der Waals surface area contributed by atoms with Crippen LogP contribution in [0.3, 0.4) is 0 Å². The molecule has 5 aromatic rings. The van der Waals surface area contributed by atoms with Crippen molar-refractivity contribution in [2.75, 3.05) is 0 Å². The standard InChI is InChI=1S/C34H12BF20OP/c1-2-9-35(10-12(36)16(40)20(44)17(41)13(10)37,11-14(38)18(42)21(45)19(43)15(11)39)56-34(8-6-4-3-5-7-8)57(9,32-28(52)24(48)22(46)25(49)29(32)53)33-30(54)26(50)23(47)27(51)31(33)55/h3-7,9,34H,2H2,1H3/t9-,34-/m0/s1. The molecule has 57 heavy (non-hydrogen) atoms. The number of benzene rings is 5. The summed E-state index contributed by atoms with van der Waals surface area (Å²) < 4.78 is 315. The van der Waals surface area contributed by atoms with Crippen molar-refractivity contribution >= 4 is 35.1 Å². The van der Waals surface area contributed by atoms with Crippen LogP contribution in [-0.4, -0.2) is 11.9 Å². The Bertz CT molecular complexity index is 2280. The first kappa shape index (κ1) is 41.8. The van der Waals surface area contributed by atoms with Crippen molar-refractivity contribution in [2.24, 2.45) is 0 Å². The zero-order chi connectivity index (χ0) is 42.5. The molecule has 302 valence electrons. The molecule has 0 aliphatic carbocycles. The average molecular weight is 858 g/mol. The van der Waals surface area contributed by atoms with Gasteiger partial charge in [-0.3, -0.25) is 0 Å². The molecular formula is C34H12BF20OP. The summed E-state index contributed by atoms with van der Waals surface area (Å²) in [6, 6.07) is 3.87. The van der Waals surface area contributed by atoms with Gasteiger partial charge in [-0.05, 0) is 12.0 Å². The van der Waals surface area contributed by atoms with Gasteiger partial charge < -0.3 is 4.65 Å². The van der Waals surface area contributed by atoms with E-state index >= 15 is 70.2 Å². The Morgan fingerprint density at radius 3 is 0.947 bits per heavy atom. The highest BCUT2D eigenvalue weighted by molar-refractivity contribution is 7.93. The van der Waals surface area contributed by atoms with Gasteiger partial charge in [0, 0.05) is 5.56 Å². The molecule has 1 saturated heterocycles. The Morgan fingerprint density at radius 2 is 0.667 bits per heavy atom. The molecule has 0 N–H and O–H groups in total. The van der Waals surface area contributed by atoms with Crippen LogP contribution in [0.4, 0.5) is 87.8 Å². The zero-order valence-corrected chi connectivity index (χ0v) is 28.1. The molecule has 23 heteroatoms. The second-order valence-electron chi connectivity index (χ2n) is 12.3. The van der Waals surface area contributed by atoms with E-state index < -0.39 is 175 Å². The van der Waals surface area contributed by atoms with Crippen LogP contribution in [0.1, 0.15) is 24.8 Å². The molecular weight excluding hydrogens is 846 g/mol. The van der Waals surface area contributed by atoms with Crippen molar-refractivity contribution in [3.05, 3.63) is 152 Å². The molecule has 0 aromatic heterocycles. The summed E-state index contributed by atoms with van der Waals surface area (Å²) in [4.78, 5) is 0. The quantitative estimate of drug-likeness (QED) is 0.0545. The Kier molecular flexibility index (Phi) is 10.4. The molecule has 0 bridgehead atoms. The van der Waals surface area contributed by atoms with Gasteiger partial charge in [0.25, 0.3) is 0 Å². The fourth-order valence-electron chi connectivity index (χ4n) is 7.62. The molecule has 0 spiro atoms. The number of rotatable bonds is 6. The molecule has 1 aliphatic heterocycles. The molecule has 5 aromatic carbocycles. The SMILES string of the molecule is CC[C@H]1[B-](c2c(F)c(F)c(F)c(F)c2F)(c2c(F)c(F)c(F)c(F)c2F)O[C@H](c2ccccc2)[P+]1(c1c(F)c(F)c(F)c(F)c1F)c1c(F)c(F)c(F)c(F)c1F. The van der Waals surface area contributed by atoms with E-state index in [9.17, 15) is 17.6 Å². The van der Waals surface area contributed by atoms with Crippen LogP contribution in [0.5, 0.6) is 0 Å². The lowest BCUT2D eigenvalue weighted by Crippen LogP contribution is -2.70. The highest BCUT2D eigenvalue weighted by atomic mass is 31.2. The predicted molar refractivity (Wildman–Crippen MR) is 160 cm³/mol. The average Bonchev–Trinajstić information content (AvgIpc) is 3.48. The van der Waals surface area contributed by atoms with Gasteiger partial charge in [-0.1, -0.05) is 48.2 Å². The van der Waals surface area contributed by atoms with Gasteiger partial charge in [0.05, 0.1) is 7.26 Å². The Hall–Kier alpha value is -4.85. The largest absolute Gasteiger partial charge is 0.544 e. The van der Waals surface area contributed by atoms with Crippen molar-refractivity contribution in [1.82, 2.24) is 0 Å². The van der Waals surface area contributed by atoms with E-state index in [1.807, 2.05) is 0 Å². The monoisotopic (exact) mass is 858 g/mol. The van der Waals surface area contributed by atoms with Gasteiger partial charge in [0.1, 0.15) is 23.3 Å². The lowest BCUT2D eigenvalue weighted by molar-refractivity contribution is 0.292. The van der Waals surface area contributed by atoms with Crippen LogP contribution in [0, 0.1) is 116 Å². The number of hydrogen-bond donors (Lipinski definition) is 0.